The van der Waals surface area contributed by atoms with Crippen molar-refractivity contribution in [2.24, 2.45) is 23.2 Å². The molecule has 4 fully saturated rings. The van der Waals surface area contributed by atoms with Crippen LogP contribution in [0.3, 0.4) is 0 Å². The molecule has 5 rings (SSSR count). The molecule has 4 bridgehead atoms. The summed E-state index contributed by atoms with van der Waals surface area (Å²) >= 11 is 5.42. The summed E-state index contributed by atoms with van der Waals surface area (Å²) < 4.78 is 5.37. The van der Waals surface area contributed by atoms with Crippen LogP contribution in [-0.4, -0.2) is 48.1 Å². The second-order valence-corrected chi connectivity index (χ2v) is 10.3. The minimum atomic E-state index is -0.332. The van der Waals surface area contributed by atoms with E-state index in [1.807, 2.05) is 0 Å². The second-order valence-electron chi connectivity index (χ2n) is 9.85. The highest BCUT2D eigenvalue weighted by atomic mass is 32.1. The third-order valence-corrected chi connectivity index (χ3v) is 7.86. The van der Waals surface area contributed by atoms with Crippen LogP contribution in [0.1, 0.15) is 62.7 Å². The fourth-order valence-electron chi connectivity index (χ4n) is 6.37. The number of amides is 1. The normalized spacial score (nSPS) is 27.9. The van der Waals surface area contributed by atoms with Crippen molar-refractivity contribution in [2.45, 2.75) is 52.4 Å². The maximum Gasteiger partial charge on any atom is 0.338 e. The Balaban J connectivity index is 1.26. The first-order chi connectivity index (χ1) is 15.4. The molecule has 174 valence electrons. The molecule has 0 aliphatic heterocycles. The van der Waals surface area contributed by atoms with Gasteiger partial charge in [-0.05, 0) is 106 Å². The average molecular weight is 458 g/mol. The van der Waals surface area contributed by atoms with Crippen LogP contribution in [0.2, 0.25) is 0 Å². The Morgan fingerprint density at radius 2 is 1.59 bits per heavy atom. The van der Waals surface area contributed by atoms with Crippen molar-refractivity contribution in [1.82, 2.24) is 10.2 Å². The largest absolute Gasteiger partial charge is 0.461 e. The Kier molecular flexibility index (Phi) is 7.15. The van der Waals surface area contributed by atoms with Crippen molar-refractivity contribution in [2.75, 3.05) is 31.6 Å². The molecule has 0 saturated heterocycles. The summed E-state index contributed by atoms with van der Waals surface area (Å²) in [5.41, 5.74) is 1.01. The van der Waals surface area contributed by atoms with Crippen LogP contribution in [0.5, 0.6) is 0 Å². The number of carbonyl (C=O) groups excluding carboxylic acids is 2. The predicted molar refractivity (Wildman–Crippen MR) is 129 cm³/mol. The lowest BCUT2D eigenvalue weighted by Gasteiger charge is -2.55. The number of hydrogen-bond donors (Lipinski definition) is 2. The van der Waals surface area contributed by atoms with Crippen molar-refractivity contribution in [1.29, 1.82) is 0 Å². The fourth-order valence-corrected chi connectivity index (χ4v) is 6.58. The molecule has 4 aliphatic carbocycles. The number of rotatable bonds is 8. The van der Waals surface area contributed by atoms with Crippen LogP contribution in [0, 0.1) is 23.2 Å². The van der Waals surface area contributed by atoms with E-state index < -0.39 is 0 Å². The Morgan fingerprint density at radius 1 is 1.03 bits per heavy atom. The SMILES string of the molecule is CCN(CC)CCOC(=O)c1ccc(NC(=S)NC(=O)C23CC4CC(CC(C4)C2)C3)cc1. The van der Waals surface area contributed by atoms with Crippen LogP contribution in [0.4, 0.5) is 5.69 Å². The molecule has 32 heavy (non-hydrogen) atoms. The summed E-state index contributed by atoms with van der Waals surface area (Å²) in [5, 5.41) is 6.36. The van der Waals surface area contributed by atoms with Gasteiger partial charge in [0.05, 0.1) is 11.0 Å². The summed E-state index contributed by atoms with van der Waals surface area (Å²) in [6.45, 7) is 7.17. The quantitative estimate of drug-likeness (QED) is 0.450. The van der Waals surface area contributed by atoms with E-state index >= 15 is 0 Å². The van der Waals surface area contributed by atoms with Crippen molar-refractivity contribution < 1.29 is 14.3 Å². The first-order valence-corrected chi connectivity index (χ1v) is 12.4. The number of benzene rings is 1. The Bertz CT molecular complexity index is 815. The average Bonchev–Trinajstić information content (AvgIpc) is 2.76. The highest BCUT2D eigenvalue weighted by molar-refractivity contribution is 7.80. The van der Waals surface area contributed by atoms with E-state index in [9.17, 15) is 9.59 Å². The third-order valence-electron chi connectivity index (χ3n) is 7.66. The maximum atomic E-state index is 13.1. The lowest BCUT2D eigenvalue weighted by molar-refractivity contribution is -0.144. The smallest absolute Gasteiger partial charge is 0.338 e. The third kappa shape index (κ3) is 5.15. The summed E-state index contributed by atoms with van der Waals surface area (Å²) in [7, 11) is 0. The Morgan fingerprint density at radius 3 is 2.12 bits per heavy atom. The van der Waals surface area contributed by atoms with E-state index in [-0.39, 0.29) is 17.3 Å². The summed E-state index contributed by atoms with van der Waals surface area (Å²) in [6, 6.07) is 6.99. The minimum absolute atomic E-state index is 0.0856. The number of esters is 1. The number of carbonyl (C=O) groups is 2. The number of nitrogens with one attached hydrogen (secondary N) is 2. The van der Waals surface area contributed by atoms with Crippen molar-refractivity contribution >= 4 is 34.9 Å². The van der Waals surface area contributed by atoms with Gasteiger partial charge in [0.15, 0.2) is 5.11 Å². The molecule has 0 aromatic heterocycles. The predicted octanol–water partition coefficient (Wildman–Crippen LogP) is 4.21. The van der Waals surface area contributed by atoms with Gasteiger partial charge in [-0.1, -0.05) is 13.8 Å². The molecular formula is C25H35N3O3S. The van der Waals surface area contributed by atoms with Gasteiger partial charge in [0.1, 0.15) is 6.61 Å². The fraction of sp³-hybridized carbons (Fsp3) is 0.640. The number of thiocarbonyl (C=S) groups is 1. The highest BCUT2D eigenvalue weighted by Gasteiger charge is 2.54. The zero-order chi connectivity index (χ0) is 22.7. The molecule has 0 atom stereocenters. The highest BCUT2D eigenvalue weighted by Crippen LogP contribution is 2.60. The zero-order valence-electron chi connectivity index (χ0n) is 19.2. The van der Waals surface area contributed by atoms with Crippen LogP contribution >= 0.6 is 12.2 Å². The molecule has 0 heterocycles. The molecule has 1 aromatic rings. The maximum absolute atomic E-state index is 13.1. The molecular weight excluding hydrogens is 422 g/mol. The number of anilines is 1. The molecule has 4 saturated carbocycles. The van der Waals surface area contributed by atoms with Gasteiger partial charge in [-0.15, -0.1) is 0 Å². The molecule has 0 radical (unpaired) electrons. The van der Waals surface area contributed by atoms with Crippen LogP contribution in [-0.2, 0) is 9.53 Å². The molecule has 0 unspecified atom stereocenters. The van der Waals surface area contributed by atoms with Crippen molar-refractivity contribution in [3.63, 3.8) is 0 Å². The molecule has 2 N–H and O–H groups in total. The number of likely N-dealkylation sites (N-methyl/N-ethyl adjacent to an activating group) is 1. The van der Waals surface area contributed by atoms with Gasteiger partial charge < -0.3 is 20.3 Å². The lowest BCUT2D eigenvalue weighted by atomic mass is 9.49. The van der Waals surface area contributed by atoms with Crippen LogP contribution in [0.25, 0.3) is 0 Å². The van der Waals surface area contributed by atoms with E-state index in [2.05, 4.69) is 29.4 Å². The van der Waals surface area contributed by atoms with E-state index in [1.54, 1.807) is 24.3 Å². The lowest BCUT2D eigenvalue weighted by Crippen LogP contribution is -2.55. The van der Waals surface area contributed by atoms with Gasteiger partial charge in [0.25, 0.3) is 0 Å². The summed E-state index contributed by atoms with van der Waals surface area (Å²) in [5.74, 6) is 1.90. The summed E-state index contributed by atoms with van der Waals surface area (Å²) in [6.07, 6.45) is 6.95. The monoisotopic (exact) mass is 457 g/mol. The first kappa shape index (κ1) is 23.2. The van der Waals surface area contributed by atoms with Gasteiger partial charge in [0.2, 0.25) is 5.91 Å². The van der Waals surface area contributed by atoms with Crippen molar-refractivity contribution in [3.8, 4) is 0 Å². The molecule has 0 spiro atoms. The van der Waals surface area contributed by atoms with E-state index in [1.165, 1.54) is 19.3 Å². The second kappa shape index (κ2) is 9.87. The van der Waals surface area contributed by atoms with Gasteiger partial charge in [-0.2, -0.15) is 0 Å². The van der Waals surface area contributed by atoms with Crippen molar-refractivity contribution in [3.05, 3.63) is 29.8 Å². The standard InChI is InChI=1S/C25H35N3O3S/c1-3-28(4-2)9-10-31-22(29)20-5-7-21(8-6-20)26-24(32)27-23(30)25-14-17-11-18(15-25)13-19(12-17)16-25/h5-8,17-19H,3-4,9-16H2,1-2H3,(H2,26,27,30,32). The summed E-state index contributed by atoms with van der Waals surface area (Å²) in [4.78, 5) is 27.6. The first-order valence-electron chi connectivity index (χ1n) is 12.0. The van der Waals surface area contributed by atoms with Crippen LogP contribution in [0.15, 0.2) is 24.3 Å². The van der Waals surface area contributed by atoms with Gasteiger partial charge in [0, 0.05) is 12.2 Å². The van der Waals surface area contributed by atoms with E-state index in [0.29, 0.717) is 35.0 Å². The Hall–Kier alpha value is -1.99. The number of nitrogens with zero attached hydrogens (tertiary/aromatic N) is 1. The van der Waals surface area contributed by atoms with Gasteiger partial charge >= 0.3 is 5.97 Å². The molecule has 1 amide bonds. The molecule has 4 aliphatic rings. The van der Waals surface area contributed by atoms with Gasteiger partial charge in [-0.3, -0.25) is 4.79 Å². The van der Waals surface area contributed by atoms with E-state index in [4.69, 9.17) is 17.0 Å². The molecule has 6 nitrogen and oxygen atoms in total. The van der Waals surface area contributed by atoms with E-state index in [0.717, 1.165) is 44.6 Å². The molecule has 1 aromatic carbocycles. The number of ether oxygens (including phenoxy) is 1. The minimum Gasteiger partial charge on any atom is -0.461 e. The zero-order valence-corrected chi connectivity index (χ0v) is 20.0. The van der Waals surface area contributed by atoms with Crippen LogP contribution < -0.4 is 10.6 Å². The van der Waals surface area contributed by atoms with Gasteiger partial charge in [-0.25, -0.2) is 4.79 Å². The Labute approximate surface area is 196 Å². The number of hydrogen-bond acceptors (Lipinski definition) is 5. The topological polar surface area (TPSA) is 70.7 Å². The molecule has 7 heteroatoms.